The fourth-order valence-electron chi connectivity index (χ4n) is 1.05. The molecule has 0 atom stereocenters. The number of unbranched alkanes of at least 4 members (excludes halogenated alkanes) is 1. The van der Waals surface area contributed by atoms with Crippen LogP contribution in [0.3, 0.4) is 0 Å². The standard InChI is InChI=1S/C11H15ClO2/c1-3-4-7-14-11-8-9(13-2)5-6-10(11)12/h5-6,8H,3-4,7H2,1-2H3. The zero-order chi connectivity index (χ0) is 10.4. The Balaban J connectivity index is 2.64. The highest BCUT2D eigenvalue weighted by atomic mass is 35.5. The van der Waals surface area contributed by atoms with Crippen molar-refractivity contribution in [2.45, 2.75) is 19.8 Å². The first-order valence-electron chi connectivity index (χ1n) is 4.74. The lowest BCUT2D eigenvalue weighted by atomic mass is 10.3. The molecule has 3 heteroatoms. The fraction of sp³-hybridized carbons (Fsp3) is 0.455. The van der Waals surface area contributed by atoms with E-state index < -0.39 is 0 Å². The summed E-state index contributed by atoms with van der Waals surface area (Å²) in [5.74, 6) is 1.46. The quantitative estimate of drug-likeness (QED) is 0.699. The lowest BCUT2D eigenvalue weighted by Crippen LogP contribution is -1.97. The van der Waals surface area contributed by atoms with Crippen LogP contribution in [0.25, 0.3) is 0 Å². The first-order chi connectivity index (χ1) is 6.77. The Kier molecular flexibility index (Phi) is 4.60. The smallest absolute Gasteiger partial charge is 0.141 e. The highest BCUT2D eigenvalue weighted by molar-refractivity contribution is 6.32. The number of rotatable bonds is 5. The Morgan fingerprint density at radius 1 is 1.36 bits per heavy atom. The monoisotopic (exact) mass is 214 g/mol. The molecule has 14 heavy (non-hydrogen) atoms. The van der Waals surface area contributed by atoms with Gasteiger partial charge in [0.05, 0.1) is 18.7 Å². The van der Waals surface area contributed by atoms with Crippen LogP contribution >= 0.6 is 11.6 Å². The summed E-state index contributed by atoms with van der Waals surface area (Å²) >= 11 is 5.95. The minimum absolute atomic E-state index is 0.627. The van der Waals surface area contributed by atoms with Crippen molar-refractivity contribution >= 4 is 11.6 Å². The van der Waals surface area contributed by atoms with E-state index in [0.29, 0.717) is 17.4 Å². The highest BCUT2D eigenvalue weighted by Crippen LogP contribution is 2.28. The minimum atomic E-state index is 0.627. The van der Waals surface area contributed by atoms with Gasteiger partial charge in [0.1, 0.15) is 11.5 Å². The van der Waals surface area contributed by atoms with E-state index in [2.05, 4.69) is 6.92 Å². The molecule has 0 bridgehead atoms. The summed E-state index contributed by atoms with van der Waals surface area (Å²) in [4.78, 5) is 0. The van der Waals surface area contributed by atoms with Crippen molar-refractivity contribution in [3.8, 4) is 11.5 Å². The van der Waals surface area contributed by atoms with E-state index in [0.717, 1.165) is 18.6 Å². The molecule has 0 aromatic heterocycles. The third kappa shape index (κ3) is 3.11. The van der Waals surface area contributed by atoms with Crippen LogP contribution < -0.4 is 9.47 Å². The van der Waals surface area contributed by atoms with Crippen LogP contribution in [0.4, 0.5) is 0 Å². The van der Waals surface area contributed by atoms with Gasteiger partial charge in [0.15, 0.2) is 0 Å². The van der Waals surface area contributed by atoms with Crippen LogP contribution in [-0.4, -0.2) is 13.7 Å². The number of ether oxygens (including phenoxy) is 2. The predicted octanol–water partition coefficient (Wildman–Crippen LogP) is 3.53. The summed E-state index contributed by atoms with van der Waals surface area (Å²) in [5.41, 5.74) is 0. The molecule has 0 saturated heterocycles. The molecule has 0 spiro atoms. The molecule has 1 rings (SSSR count). The van der Waals surface area contributed by atoms with E-state index in [9.17, 15) is 0 Å². The lowest BCUT2D eigenvalue weighted by molar-refractivity contribution is 0.307. The number of hydrogen-bond donors (Lipinski definition) is 0. The maximum Gasteiger partial charge on any atom is 0.141 e. The van der Waals surface area contributed by atoms with Crippen LogP contribution in [0, 0.1) is 0 Å². The Morgan fingerprint density at radius 2 is 2.14 bits per heavy atom. The Labute approximate surface area is 89.8 Å². The highest BCUT2D eigenvalue weighted by Gasteiger charge is 2.02. The topological polar surface area (TPSA) is 18.5 Å². The van der Waals surface area contributed by atoms with Gasteiger partial charge in [-0.25, -0.2) is 0 Å². The van der Waals surface area contributed by atoms with Gasteiger partial charge in [-0.15, -0.1) is 0 Å². The summed E-state index contributed by atoms with van der Waals surface area (Å²) in [7, 11) is 1.62. The molecule has 2 nitrogen and oxygen atoms in total. The molecule has 0 N–H and O–H groups in total. The van der Waals surface area contributed by atoms with E-state index in [1.165, 1.54) is 0 Å². The molecule has 0 fully saturated rings. The number of methoxy groups -OCH3 is 1. The van der Waals surface area contributed by atoms with Crippen LogP contribution in [0.5, 0.6) is 11.5 Å². The predicted molar refractivity (Wildman–Crippen MR) is 58.4 cm³/mol. The van der Waals surface area contributed by atoms with Gasteiger partial charge in [0.2, 0.25) is 0 Å². The summed E-state index contributed by atoms with van der Waals surface area (Å²) < 4.78 is 10.6. The van der Waals surface area contributed by atoms with Gasteiger partial charge in [0, 0.05) is 6.07 Å². The van der Waals surface area contributed by atoms with Crippen LogP contribution in [-0.2, 0) is 0 Å². The molecule has 0 aliphatic heterocycles. The molecular weight excluding hydrogens is 200 g/mol. The van der Waals surface area contributed by atoms with E-state index in [1.807, 2.05) is 6.07 Å². The summed E-state index contributed by atoms with van der Waals surface area (Å²) in [6, 6.07) is 5.40. The van der Waals surface area contributed by atoms with Crippen LogP contribution in [0.15, 0.2) is 18.2 Å². The third-order valence-corrected chi connectivity index (χ3v) is 2.21. The molecule has 0 aliphatic rings. The van der Waals surface area contributed by atoms with Gasteiger partial charge in [-0.1, -0.05) is 24.9 Å². The average molecular weight is 215 g/mol. The molecule has 0 unspecified atom stereocenters. The molecule has 0 amide bonds. The van der Waals surface area contributed by atoms with Gasteiger partial charge in [0.25, 0.3) is 0 Å². The molecule has 0 heterocycles. The first-order valence-corrected chi connectivity index (χ1v) is 5.12. The Morgan fingerprint density at radius 3 is 2.79 bits per heavy atom. The lowest BCUT2D eigenvalue weighted by Gasteiger charge is -2.08. The minimum Gasteiger partial charge on any atom is -0.497 e. The Hall–Kier alpha value is -0.890. The normalized spacial score (nSPS) is 9.93. The summed E-state index contributed by atoms with van der Waals surface area (Å²) in [5, 5.41) is 0.627. The third-order valence-electron chi connectivity index (χ3n) is 1.89. The van der Waals surface area contributed by atoms with Crippen molar-refractivity contribution in [1.29, 1.82) is 0 Å². The van der Waals surface area contributed by atoms with E-state index in [-0.39, 0.29) is 0 Å². The van der Waals surface area contributed by atoms with Gasteiger partial charge in [-0.3, -0.25) is 0 Å². The van der Waals surface area contributed by atoms with Gasteiger partial charge < -0.3 is 9.47 Å². The molecule has 0 aliphatic carbocycles. The second kappa shape index (κ2) is 5.76. The van der Waals surface area contributed by atoms with Gasteiger partial charge >= 0.3 is 0 Å². The summed E-state index contributed by atoms with van der Waals surface area (Å²) in [6.45, 7) is 2.82. The second-order valence-electron chi connectivity index (χ2n) is 3.00. The fourth-order valence-corrected chi connectivity index (χ4v) is 1.22. The maximum atomic E-state index is 5.95. The van der Waals surface area contributed by atoms with Crippen LogP contribution in [0.2, 0.25) is 5.02 Å². The molecular formula is C11H15ClO2. The van der Waals surface area contributed by atoms with Crippen molar-refractivity contribution in [3.05, 3.63) is 23.2 Å². The van der Waals surface area contributed by atoms with Gasteiger partial charge in [-0.05, 0) is 18.6 Å². The van der Waals surface area contributed by atoms with E-state index in [4.69, 9.17) is 21.1 Å². The maximum absolute atomic E-state index is 5.95. The van der Waals surface area contributed by atoms with Crippen molar-refractivity contribution in [2.24, 2.45) is 0 Å². The average Bonchev–Trinajstić information content (AvgIpc) is 2.21. The van der Waals surface area contributed by atoms with Crippen molar-refractivity contribution in [1.82, 2.24) is 0 Å². The second-order valence-corrected chi connectivity index (χ2v) is 3.41. The van der Waals surface area contributed by atoms with E-state index in [1.54, 1.807) is 19.2 Å². The van der Waals surface area contributed by atoms with Crippen molar-refractivity contribution < 1.29 is 9.47 Å². The molecule has 0 radical (unpaired) electrons. The van der Waals surface area contributed by atoms with Crippen molar-refractivity contribution in [2.75, 3.05) is 13.7 Å². The van der Waals surface area contributed by atoms with E-state index >= 15 is 0 Å². The van der Waals surface area contributed by atoms with Crippen LogP contribution in [0.1, 0.15) is 19.8 Å². The molecule has 78 valence electrons. The number of halogens is 1. The summed E-state index contributed by atoms with van der Waals surface area (Å²) in [6.07, 6.45) is 2.15. The largest absolute Gasteiger partial charge is 0.497 e. The first kappa shape index (κ1) is 11.2. The zero-order valence-electron chi connectivity index (χ0n) is 8.55. The number of benzene rings is 1. The Bertz CT molecular complexity index is 287. The SMILES string of the molecule is CCCCOc1cc(OC)ccc1Cl. The molecule has 1 aromatic rings. The molecule has 0 saturated carbocycles. The molecule has 1 aromatic carbocycles. The van der Waals surface area contributed by atoms with Gasteiger partial charge in [-0.2, -0.15) is 0 Å². The number of hydrogen-bond acceptors (Lipinski definition) is 2. The zero-order valence-corrected chi connectivity index (χ0v) is 9.30. The van der Waals surface area contributed by atoms with Crippen molar-refractivity contribution in [3.63, 3.8) is 0 Å².